The fourth-order valence-electron chi connectivity index (χ4n) is 3.30. The van der Waals surface area contributed by atoms with Gasteiger partial charge in [-0.2, -0.15) is 5.10 Å². The van der Waals surface area contributed by atoms with Gasteiger partial charge in [0, 0.05) is 40.3 Å². The zero-order chi connectivity index (χ0) is 22.7. The van der Waals surface area contributed by atoms with Crippen LogP contribution in [0.25, 0.3) is 5.69 Å². The highest BCUT2D eigenvalue weighted by atomic mass is 35.5. The first-order valence-corrected chi connectivity index (χ1v) is 9.95. The molecule has 160 valence electrons. The Hall–Kier alpha value is -3.45. The number of ether oxygens (including phenoxy) is 1. The van der Waals surface area contributed by atoms with E-state index in [1.54, 1.807) is 43.3 Å². The molecule has 3 aromatic rings. The molecule has 0 atom stereocenters. The van der Waals surface area contributed by atoms with E-state index in [1.165, 1.54) is 10.7 Å². The number of hydrogen-bond donors (Lipinski definition) is 0. The SMILES string of the molecule is C=CCn1c(C)cc(C(=O)COC(=O)c2nn(-c3ccc(Cl)cc3)c(C)cc2=O)c1C. The van der Waals surface area contributed by atoms with Crippen molar-refractivity contribution >= 4 is 23.4 Å². The van der Waals surface area contributed by atoms with E-state index in [0.29, 0.717) is 28.5 Å². The molecule has 0 aliphatic heterocycles. The number of carbonyl (C=O) groups is 2. The topological polar surface area (TPSA) is 83.2 Å². The average molecular weight is 440 g/mol. The third kappa shape index (κ3) is 4.67. The lowest BCUT2D eigenvalue weighted by Crippen LogP contribution is -2.25. The van der Waals surface area contributed by atoms with Crippen LogP contribution in [0.3, 0.4) is 0 Å². The van der Waals surface area contributed by atoms with Crippen LogP contribution >= 0.6 is 11.6 Å². The number of allylic oxidation sites excluding steroid dienone is 1. The number of hydrogen-bond acceptors (Lipinski definition) is 5. The third-order valence-electron chi connectivity index (χ3n) is 4.89. The van der Waals surface area contributed by atoms with Crippen LogP contribution in [0.2, 0.25) is 5.02 Å². The summed E-state index contributed by atoms with van der Waals surface area (Å²) in [5, 5.41) is 4.69. The number of aromatic nitrogens is 3. The number of carbonyl (C=O) groups excluding carboxylic acids is 2. The Morgan fingerprint density at radius 2 is 1.81 bits per heavy atom. The van der Waals surface area contributed by atoms with Crippen molar-refractivity contribution in [3.63, 3.8) is 0 Å². The molecule has 0 N–H and O–H groups in total. The van der Waals surface area contributed by atoms with Gasteiger partial charge in [-0.3, -0.25) is 9.59 Å². The van der Waals surface area contributed by atoms with Gasteiger partial charge in [-0.05, 0) is 51.1 Å². The Bertz CT molecular complexity index is 1220. The maximum absolute atomic E-state index is 12.6. The first-order valence-electron chi connectivity index (χ1n) is 9.57. The minimum Gasteiger partial charge on any atom is -0.452 e. The minimum atomic E-state index is -0.957. The van der Waals surface area contributed by atoms with Gasteiger partial charge in [0.25, 0.3) is 0 Å². The van der Waals surface area contributed by atoms with Crippen LogP contribution in [-0.4, -0.2) is 32.7 Å². The van der Waals surface area contributed by atoms with Crippen LogP contribution in [0.4, 0.5) is 0 Å². The monoisotopic (exact) mass is 439 g/mol. The first-order chi connectivity index (χ1) is 14.7. The number of benzene rings is 1. The molecule has 2 aromatic heterocycles. The first kappa shape index (κ1) is 22.2. The molecule has 0 radical (unpaired) electrons. The molecule has 2 heterocycles. The van der Waals surface area contributed by atoms with Gasteiger partial charge in [0.2, 0.25) is 16.9 Å². The fraction of sp³-hybridized carbons (Fsp3) is 0.217. The van der Waals surface area contributed by atoms with E-state index < -0.39 is 23.7 Å². The van der Waals surface area contributed by atoms with Crippen LogP contribution in [0.15, 0.2) is 53.8 Å². The molecule has 0 aliphatic carbocycles. The van der Waals surface area contributed by atoms with Crippen LogP contribution in [0.5, 0.6) is 0 Å². The molecular weight excluding hydrogens is 418 g/mol. The Kier molecular flexibility index (Phi) is 6.56. The maximum Gasteiger partial charge on any atom is 0.363 e. The second-order valence-electron chi connectivity index (χ2n) is 7.07. The molecule has 3 rings (SSSR count). The summed E-state index contributed by atoms with van der Waals surface area (Å²) in [6.07, 6.45) is 1.74. The standard InChI is InChI=1S/C23H22ClN3O4/c1-5-10-26-14(2)11-19(16(26)4)21(29)13-31-23(30)22-20(28)12-15(3)27(25-22)18-8-6-17(24)7-9-18/h5-9,11-12H,1,10,13H2,2-4H3. The molecule has 0 bridgehead atoms. The highest BCUT2D eigenvalue weighted by molar-refractivity contribution is 6.30. The van der Waals surface area contributed by atoms with E-state index in [2.05, 4.69) is 11.7 Å². The van der Waals surface area contributed by atoms with Gasteiger partial charge in [-0.1, -0.05) is 17.7 Å². The van der Waals surface area contributed by atoms with Crippen molar-refractivity contribution in [3.05, 3.63) is 92.6 Å². The van der Waals surface area contributed by atoms with Crippen molar-refractivity contribution in [2.75, 3.05) is 6.61 Å². The second-order valence-corrected chi connectivity index (χ2v) is 7.51. The predicted octanol–water partition coefficient (Wildman–Crippen LogP) is 3.84. The van der Waals surface area contributed by atoms with E-state index in [1.807, 2.05) is 18.4 Å². The second kappa shape index (κ2) is 9.14. The van der Waals surface area contributed by atoms with E-state index in [-0.39, 0.29) is 5.78 Å². The van der Waals surface area contributed by atoms with Crippen molar-refractivity contribution in [1.82, 2.24) is 14.3 Å². The molecule has 7 nitrogen and oxygen atoms in total. The zero-order valence-electron chi connectivity index (χ0n) is 17.5. The molecule has 0 amide bonds. The Labute approximate surface area is 184 Å². The lowest BCUT2D eigenvalue weighted by atomic mass is 10.1. The molecule has 0 unspecified atom stereocenters. The molecule has 31 heavy (non-hydrogen) atoms. The van der Waals surface area contributed by atoms with Gasteiger partial charge in [0.05, 0.1) is 5.69 Å². The largest absolute Gasteiger partial charge is 0.452 e. The number of halogens is 1. The number of nitrogens with zero attached hydrogens (tertiary/aromatic N) is 3. The Balaban J connectivity index is 1.81. The van der Waals surface area contributed by atoms with Gasteiger partial charge in [-0.15, -0.1) is 6.58 Å². The average Bonchev–Trinajstić information content (AvgIpc) is 3.01. The highest BCUT2D eigenvalue weighted by Gasteiger charge is 2.21. The molecule has 0 fully saturated rings. The van der Waals surface area contributed by atoms with Gasteiger partial charge in [0.15, 0.2) is 6.61 Å². The highest BCUT2D eigenvalue weighted by Crippen LogP contribution is 2.17. The summed E-state index contributed by atoms with van der Waals surface area (Å²) < 4.78 is 8.51. The fourth-order valence-corrected chi connectivity index (χ4v) is 3.43. The summed E-state index contributed by atoms with van der Waals surface area (Å²) in [5.74, 6) is -1.32. The van der Waals surface area contributed by atoms with Crippen molar-refractivity contribution in [2.24, 2.45) is 0 Å². The lowest BCUT2D eigenvalue weighted by Gasteiger charge is -2.11. The molecule has 1 aromatic carbocycles. The quantitative estimate of drug-likeness (QED) is 0.317. The van der Waals surface area contributed by atoms with Gasteiger partial charge in [0.1, 0.15) is 0 Å². The Morgan fingerprint density at radius 3 is 2.45 bits per heavy atom. The summed E-state index contributed by atoms with van der Waals surface area (Å²) >= 11 is 5.92. The number of aryl methyl sites for hydroxylation is 2. The Morgan fingerprint density at radius 1 is 1.13 bits per heavy atom. The number of ketones is 1. The van der Waals surface area contributed by atoms with Gasteiger partial charge in [-0.25, -0.2) is 9.48 Å². The molecule has 8 heteroatoms. The molecule has 0 aliphatic rings. The van der Waals surface area contributed by atoms with E-state index in [0.717, 1.165) is 11.4 Å². The zero-order valence-corrected chi connectivity index (χ0v) is 18.3. The van der Waals surface area contributed by atoms with E-state index >= 15 is 0 Å². The van der Waals surface area contributed by atoms with Crippen molar-refractivity contribution < 1.29 is 14.3 Å². The molecule has 0 saturated carbocycles. The summed E-state index contributed by atoms with van der Waals surface area (Å²) in [5.41, 5.74) is 2.31. The minimum absolute atomic E-state index is 0.359. The van der Waals surface area contributed by atoms with Crippen molar-refractivity contribution in [2.45, 2.75) is 27.3 Å². The normalized spacial score (nSPS) is 10.7. The summed E-state index contributed by atoms with van der Waals surface area (Å²) in [4.78, 5) is 37.4. The lowest BCUT2D eigenvalue weighted by molar-refractivity contribution is 0.0465. The van der Waals surface area contributed by atoms with Crippen LogP contribution in [-0.2, 0) is 11.3 Å². The number of Topliss-reactive ketones (excluding diaryl/α,β-unsaturated/α-hetero) is 1. The number of rotatable bonds is 7. The van der Waals surface area contributed by atoms with Crippen LogP contribution in [0, 0.1) is 20.8 Å². The van der Waals surface area contributed by atoms with Crippen LogP contribution < -0.4 is 5.43 Å². The van der Waals surface area contributed by atoms with Crippen molar-refractivity contribution in [3.8, 4) is 5.69 Å². The van der Waals surface area contributed by atoms with E-state index in [9.17, 15) is 14.4 Å². The summed E-state index contributed by atoms with van der Waals surface area (Å²) in [6.45, 7) is 9.19. The smallest absolute Gasteiger partial charge is 0.363 e. The summed E-state index contributed by atoms with van der Waals surface area (Å²) in [6, 6.07) is 9.82. The summed E-state index contributed by atoms with van der Waals surface area (Å²) in [7, 11) is 0. The van der Waals surface area contributed by atoms with Crippen LogP contribution in [0.1, 0.15) is 37.9 Å². The molecule has 0 spiro atoms. The van der Waals surface area contributed by atoms with E-state index in [4.69, 9.17) is 16.3 Å². The van der Waals surface area contributed by atoms with Gasteiger partial charge >= 0.3 is 5.97 Å². The number of esters is 1. The predicted molar refractivity (Wildman–Crippen MR) is 118 cm³/mol. The molecule has 0 saturated heterocycles. The van der Waals surface area contributed by atoms with Gasteiger partial charge < -0.3 is 9.30 Å². The molecular formula is C23H22ClN3O4. The third-order valence-corrected chi connectivity index (χ3v) is 5.14. The van der Waals surface area contributed by atoms with Crippen molar-refractivity contribution in [1.29, 1.82) is 0 Å². The maximum atomic E-state index is 12.6.